The molecule has 1 heterocycles. The highest BCUT2D eigenvalue weighted by Crippen LogP contribution is 2.44. The first-order chi connectivity index (χ1) is 14.6. The molecule has 0 saturated carbocycles. The molecule has 0 aliphatic carbocycles. The number of rotatable bonds is 6. The zero-order valence-electron chi connectivity index (χ0n) is 17.2. The molecule has 1 atom stereocenters. The number of carbonyl (C=O) groups excluding carboxylic acids is 1. The van der Waals surface area contributed by atoms with E-state index in [0.29, 0.717) is 12.1 Å². The van der Waals surface area contributed by atoms with Crippen molar-refractivity contribution in [1.82, 2.24) is 4.90 Å². The molecule has 152 valence electrons. The summed E-state index contributed by atoms with van der Waals surface area (Å²) < 4.78 is 5.26. The van der Waals surface area contributed by atoms with Crippen LogP contribution in [0.15, 0.2) is 84.6 Å². The van der Waals surface area contributed by atoms with Gasteiger partial charge in [0, 0.05) is 12.1 Å². The first kappa shape index (κ1) is 19.8. The minimum Gasteiger partial charge on any atom is -0.503 e. The lowest BCUT2D eigenvalue weighted by molar-refractivity contribution is -0.130. The van der Waals surface area contributed by atoms with E-state index in [1.165, 1.54) is 5.56 Å². The second-order valence-electron chi connectivity index (χ2n) is 7.41. The molecule has 3 aromatic carbocycles. The molecule has 4 heteroatoms. The van der Waals surface area contributed by atoms with E-state index in [-0.39, 0.29) is 17.7 Å². The number of aryl methyl sites for hydroxylation is 1. The summed E-state index contributed by atoms with van der Waals surface area (Å²) in [5, 5.41) is 10.9. The maximum absolute atomic E-state index is 13.1. The topological polar surface area (TPSA) is 49.8 Å². The Hall–Kier alpha value is -3.53. The molecule has 30 heavy (non-hydrogen) atoms. The molecule has 0 fully saturated rings. The molecular formula is C26H25NO3. The van der Waals surface area contributed by atoms with Crippen molar-refractivity contribution in [3.8, 4) is 5.75 Å². The molecule has 1 aliphatic rings. The van der Waals surface area contributed by atoms with Crippen LogP contribution in [0.4, 0.5) is 0 Å². The Bertz CT molecular complexity index is 1050. The van der Waals surface area contributed by atoms with E-state index in [0.717, 1.165) is 28.9 Å². The van der Waals surface area contributed by atoms with E-state index in [2.05, 4.69) is 31.2 Å². The van der Waals surface area contributed by atoms with Gasteiger partial charge in [0.15, 0.2) is 5.76 Å². The van der Waals surface area contributed by atoms with E-state index in [4.69, 9.17) is 4.74 Å². The molecule has 4 nitrogen and oxygen atoms in total. The third-order valence-electron chi connectivity index (χ3n) is 5.60. The summed E-state index contributed by atoms with van der Waals surface area (Å²) in [5.41, 5.74) is 4.66. The third kappa shape index (κ3) is 3.69. The molecule has 1 aliphatic heterocycles. The van der Waals surface area contributed by atoms with Gasteiger partial charge < -0.3 is 14.7 Å². The van der Waals surface area contributed by atoms with Gasteiger partial charge in [0.2, 0.25) is 0 Å². The highest BCUT2D eigenvalue weighted by molar-refractivity contribution is 6.05. The SMILES string of the molecule is CCc1ccc([C@@H]2C(c3ccc(OC)cc3)=C(O)C(=O)N2Cc2ccccc2)cc1. The van der Waals surface area contributed by atoms with E-state index in [1.807, 2.05) is 54.6 Å². The van der Waals surface area contributed by atoms with Crippen LogP contribution in [0.5, 0.6) is 5.75 Å². The predicted molar refractivity (Wildman–Crippen MR) is 118 cm³/mol. The zero-order chi connectivity index (χ0) is 21.1. The molecule has 4 rings (SSSR count). The molecule has 0 aromatic heterocycles. The van der Waals surface area contributed by atoms with Crippen LogP contribution in [0, 0.1) is 0 Å². The molecule has 1 N–H and O–H groups in total. The van der Waals surface area contributed by atoms with Gasteiger partial charge in [0.1, 0.15) is 5.75 Å². The van der Waals surface area contributed by atoms with Gasteiger partial charge in [-0.3, -0.25) is 4.79 Å². The summed E-state index contributed by atoms with van der Waals surface area (Å²) >= 11 is 0. The molecule has 0 saturated heterocycles. The fourth-order valence-corrected chi connectivity index (χ4v) is 3.94. The van der Waals surface area contributed by atoms with Crippen molar-refractivity contribution in [2.75, 3.05) is 7.11 Å². The van der Waals surface area contributed by atoms with Crippen LogP contribution < -0.4 is 4.74 Å². The van der Waals surface area contributed by atoms with Crippen molar-refractivity contribution in [1.29, 1.82) is 0 Å². The maximum Gasteiger partial charge on any atom is 0.290 e. The average molecular weight is 399 g/mol. The van der Waals surface area contributed by atoms with Gasteiger partial charge in [-0.2, -0.15) is 0 Å². The number of benzene rings is 3. The quantitative estimate of drug-likeness (QED) is 0.611. The number of methoxy groups -OCH3 is 1. The number of aliphatic hydroxyl groups excluding tert-OH is 1. The molecule has 0 radical (unpaired) electrons. The summed E-state index contributed by atoms with van der Waals surface area (Å²) in [6.45, 7) is 2.54. The number of hydrogen-bond donors (Lipinski definition) is 1. The summed E-state index contributed by atoms with van der Waals surface area (Å²) in [7, 11) is 1.62. The maximum atomic E-state index is 13.1. The van der Waals surface area contributed by atoms with Crippen LogP contribution in [-0.4, -0.2) is 23.0 Å². The standard InChI is InChI=1S/C26H25NO3/c1-3-18-9-11-21(12-10-18)24-23(20-13-15-22(30-2)16-14-20)25(28)26(29)27(24)17-19-7-5-4-6-8-19/h4-16,24,28H,3,17H2,1-2H3/t24-/m1/s1. The average Bonchev–Trinajstić information content (AvgIpc) is 3.05. The molecule has 0 unspecified atom stereocenters. The van der Waals surface area contributed by atoms with Crippen LogP contribution in [0.2, 0.25) is 0 Å². The number of aliphatic hydroxyl groups is 1. The Morgan fingerprint density at radius 3 is 2.17 bits per heavy atom. The lowest BCUT2D eigenvalue weighted by Gasteiger charge is -2.27. The van der Waals surface area contributed by atoms with Gasteiger partial charge >= 0.3 is 0 Å². The van der Waals surface area contributed by atoms with Gasteiger partial charge in [-0.1, -0.05) is 73.7 Å². The van der Waals surface area contributed by atoms with Gasteiger partial charge in [0.05, 0.1) is 13.2 Å². The van der Waals surface area contributed by atoms with Crippen molar-refractivity contribution >= 4 is 11.5 Å². The Labute approximate surface area is 177 Å². The van der Waals surface area contributed by atoms with Gasteiger partial charge in [0.25, 0.3) is 5.91 Å². The van der Waals surface area contributed by atoms with Crippen LogP contribution in [0.1, 0.15) is 35.2 Å². The van der Waals surface area contributed by atoms with Gasteiger partial charge in [-0.25, -0.2) is 0 Å². The fourth-order valence-electron chi connectivity index (χ4n) is 3.94. The number of amides is 1. The lowest BCUT2D eigenvalue weighted by atomic mass is 9.92. The minimum atomic E-state index is -0.364. The van der Waals surface area contributed by atoms with Crippen LogP contribution >= 0.6 is 0 Å². The van der Waals surface area contributed by atoms with E-state index >= 15 is 0 Å². The highest BCUT2D eigenvalue weighted by atomic mass is 16.5. The summed E-state index contributed by atoms with van der Waals surface area (Å²) in [6, 6.07) is 25.2. The Kier molecular flexibility index (Phi) is 5.57. The monoisotopic (exact) mass is 399 g/mol. The lowest BCUT2D eigenvalue weighted by Crippen LogP contribution is -2.29. The first-order valence-electron chi connectivity index (χ1n) is 10.1. The van der Waals surface area contributed by atoms with Crippen molar-refractivity contribution < 1.29 is 14.6 Å². The summed E-state index contributed by atoms with van der Waals surface area (Å²) in [5.74, 6) is 0.183. The molecular weight excluding hydrogens is 374 g/mol. The van der Waals surface area contributed by atoms with Crippen LogP contribution in [0.25, 0.3) is 5.57 Å². The molecule has 0 spiro atoms. The van der Waals surface area contributed by atoms with E-state index < -0.39 is 0 Å². The number of nitrogens with zero attached hydrogens (tertiary/aromatic N) is 1. The third-order valence-corrected chi connectivity index (χ3v) is 5.60. The van der Waals surface area contributed by atoms with Crippen molar-refractivity contribution in [2.45, 2.75) is 25.9 Å². The minimum absolute atomic E-state index is 0.194. The Balaban J connectivity index is 1.79. The smallest absolute Gasteiger partial charge is 0.290 e. The second kappa shape index (κ2) is 8.46. The second-order valence-corrected chi connectivity index (χ2v) is 7.41. The first-order valence-corrected chi connectivity index (χ1v) is 10.1. The van der Waals surface area contributed by atoms with Crippen molar-refractivity contribution in [2.24, 2.45) is 0 Å². The number of hydrogen-bond acceptors (Lipinski definition) is 3. The predicted octanol–water partition coefficient (Wildman–Crippen LogP) is 5.31. The van der Waals surface area contributed by atoms with Crippen LogP contribution in [0.3, 0.4) is 0 Å². The largest absolute Gasteiger partial charge is 0.503 e. The highest BCUT2D eigenvalue weighted by Gasteiger charge is 2.40. The van der Waals surface area contributed by atoms with Gasteiger partial charge in [-0.05, 0) is 40.8 Å². The summed E-state index contributed by atoms with van der Waals surface area (Å²) in [4.78, 5) is 14.9. The van der Waals surface area contributed by atoms with Gasteiger partial charge in [-0.15, -0.1) is 0 Å². The van der Waals surface area contributed by atoms with Crippen molar-refractivity contribution in [3.63, 3.8) is 0 Å². The van der Waals surface area contributed by atoms with Crippen LogP contribution in [-0.2, 0) is 17.8 Å². The number of carbonyl (C=O) groups is 1. The Morgan fingerprint density at radius 2 is 1.57 bits per heavy atom. The molecule has 1 amide bonds. The summed E-state index contributed by atoms with van der Waals surface area (Å²) in [6.07, 6.45) is 0.948. The van der Waals surface area contributed by atoms with E-state index in [9.17, 15) is 9.90 Å². The van der Waals surface area contributed by atoms with Crippen molar-refractivity contribution in [3.05, 3.63) is 107 Å². The van der Waals surface area contributed by atoms with E-state index in [1.54, 1.807) is 12.0 Å². The Morgan fingerprint density at radius 1 is 0.900 bits per heavy atom. The normalized spacial score (nSPS) is 16.3. The fraction of sp³-hybridized carbons (Fsp3) is 0.192. The number of ether oxygens (including phenoxy) is 1. The molecule has 0 bridgehead atoms. The zero-order valence-corrected chi connectivity index (χ0v) is 17.2. The molecule has 3 aromatic rings.